The molecule has 2 heteroatoms. The second-order valence-electron chi connectivity index (χ2n) is 7.51. The summed E-state index contributed by atoms with van der Waals surface area (Å²) in [7, 11) is 2.38. The molecule has 0 saturated heterocycles. The number of likely N-dealkylation sites (N-methyl/N-ethyl adjacent to an activating group) is 1. The number of nitrogens with one attached hydrogen (secondary N) is 1. The van der Waals surface area contributed by atoms with Gasteiger partial charge >= 0.3 is 0 Å². The van der Waals surface area contributed by atoms with Gasteiger partial charge in [-0.15, -0.1) is 0 Å². The molecule has 0 spiro atoms. The third-order valence-corrected chi connectivity index (χ3v) is 6.19. The van der Waals surface area contributed by atoms with Gasteiger partial charge in [-0.1, -0.05) is 0 Å². The van der Waals surface area contributed by atoms with Crippen molar-refractivity contribution in [3.05, 3.63) is 24.0 Å². The molecule has 104 valence electrons. The van der Waals surface area contributed by atoms with Gasteiger partial charge in [0.1, 0.15) is 0 Å². The number of aromatic nitrogens is 1. The van der Waals surface area contributed by atoms with Crippen LogP contribution in [-0.4, -0.2) is 29.0 Å². The van der Waals surface area contributed by atoms with Gasteiger partial charge in [0.25, 0.3) is 0 Å². The maximum atomic E-state index is 3.34. The Labute approximate surface area is 116 Å². The van der Waals surface area contributed by atoms with Crippen LogP contribution in [0.2, 0.25) is 0 Å². The molecule has 0 aliphatic heterocycles. The molecule has 1 aromatic heterocycles. The Morgan fingerprint density at radius 1 is 1.16 bits per heavy atom. The molecule has 1 aromatic rings. The molecule has 5 rings (SSSR count). The van der Waals surface area contributed by atoms with E-state index in [-0.39, 0.29) is 0 Å². The van der Waals surface area contributed by atoms with Gasteiger partial charge in [-0.05, 0) is 75.5 Å². The molecule has 4 saturated carbocycles. The Hall–Kier alpha value is -0.760. The molecule has 4 fully saturated rings. The molecule has 0 atom stereocenters. The van der Waals surface area contributed by atoms with Crippen molar-refractivity contribution in [3.8, 4) is 0 Å². The number of aromatic amines is 1. The molecule has 0 unspecified atom stereocenters. The number of nitrogens with zero attached hydrogens (tertiary/aromatic N) is 1. The maximum Gasteiger partial charge on any atom is 0.0214 e. The van der Waals surface area contributed by atoms with Crippen molar-refractivity contribution in [2.75, 3.05) is 13.6 Å². The normalized spacial score (nSPS) is 40.2. The smallest absolute Gasteiger partial charge is 0.0214 e. The molecule has 0 radical (unpaired) electrons. The van der Waals surface area contributed by atoms with E-state index in [0.717, 1.165) is 17.8 Å². The number of rotatable bonds is 4. The highest BCUT2D eigenvalue weighted by molar-refractivity contribution is 5.08. The first-order valence-corrected chi connectivity index (χ1v) is 8.07. The zero-order valence-electron chi connectivity index (χ0n) is 12.1. The van der Waals surface area contributed by atoms with Crippen LogP contribution in [0, 0.1) is 17.8 Å². The van der Waals surface area contributed by atoms with E-state index < -0.39 is 0 Å². The highest BCUT2D eigenvalue weighted by atomic mass is 15.2. The van der Waals surface area contributed by atoms with Crippen molar-refractivity contribution < 1.29 is 0 Å². The summed E-state index contributed by atoms with van der Waals surface area (Å²) in [5, 5.41) is 0. The van der Waals surface area contributed by atoms with Crippen LogP contribution >= 0.6 is 0 Å². The van der Waals surface area contributed by atoms with Crippen LogP contribution in [0.25, 0.3) is 0 Å². The maximum absolute atomic E-state index is 3.34. The van der Waals surface area contributed by atoms with Gasteiger partial charge in [0.05, 0.1) is 0 Å². The molecule has 0 amide bonds. The van der Waals surface area contributed by atoms with Crippen molar-refractivity contribution in [3.63, 3.8) is 0 Å². The number of hydrogen-bond donors (Lipinski definition) is 1. The van der Waals surface area contributed by atoms with E-state index in [4.69, 9.17) is 0 Å². The van der Waals surface area contributed by atoms with Crippen molar-refractivity contribution in [1.29, 1.82) is 0 Å². The monoisotopic (exact) mass is 258 g/mol. The summed E-state index contributed by atoms with van der Waals surface area (Å²) < 4.78 is 0. The largest absolute Gasteiger partial charge is 0.365 e. The van der Waals surface area contributed by atoms with E-state index in [1.807, 2.05) is 6.20 Å². The average Bonchev–Trinajstić information content (AvgIpc) is 2.87. The zero-order chi connectivity index (χ0) is 12.9. The standard InChI is InChI=1S/C17H26N2/c1-19(6-4-16-3-2-5-18-16)17-10-13-7-14(11-17)9-15(8-13)12-17/h2-3,5,13-15,18H,4,6-12H2,1H3. The van der Waals surface area contributed by atoms with Gasteiger partial charge in [-0.3, -0.25) is 0 Å². The summed E-state index contributed by atoms with van der Waals surface area (Å²) in [5.74, 6) is 3.16. The summed E-state index contributed by atoms with van der Waals surface area (Å²) in [6.07, 6.45) is 12.3. The summed E-state index contributed by atoms with van der Waals surface area (Å²) in [6.45, 7) is 1.21. The molecule has 1 N–H and O–H groups in total. The number of H-pyrrole nitrogens is 1. The average molecular weight is 258 g/mol. The Kier molecular flexibility index (Phi) is 2.77. The number of hydrogen-bond acceptors (Lipinski definition) is 1. The lowest BCUT2D eigenvalue weighted by Crippen LogP contribution is -2.59. The van der Waals surface area contributed by atoms with Crippen molar-refractivity contribution in [2.24, 2.45) is 17.8 Å². The minimum Gasteiger partial charge on any atom is -0.365 e. The molecule has 4 aliphatic rings. The van der Waals surface area contributed by atoms with Gasteiger partial charge in [0.15, 0.2) is 0 Å². The van der Waals surface area contributed by atoms with E-state index in [1.54, 1.807) is 19.3 Å². The molecule has 19 heavy (non-hydrogen) atoms. The predicted octanol–water partition coefficient (Wildman–Crippen LogP) is 3.46. The van der Waals surface area contributed by atoms with Crippen LogP contribution in [0.15, 0.2) is 18.3 Å². The van der Waals surface area contributed by atoms with Gasteiger partial charge in [-0.25, -0.2) is 0 Å². The van der Waals surface area contributed by atoms with Crippen LogP contribution in [0.4, 0.5) is 0 Å². The van der Waals surface area contributed by atoms with E-state index in [1.165, 1.54) is 37.9 Å². The lowest BCUT2D eigenvalue weighted by molar-refractivity contribution is -0.0786. The van der Waals surface area contributed by atoms with Crippen LogP contribution in [-0.2, 0) is 6.42 Å². The lowest BCUT2D eigenvalue weighted by Gasteiger charge is -2.60. The van der Waals surface area contributed by atoms with Crippen LogP contribution in [0.5, 0.6) is 0 Å². The summed E-state index contributed by atoms with van der Waals surface area (Å²) in [6, 6.07) is 4.33. The molecule has 1 heterocycles. The predicted molar refractivity (Wildman–Crippen MR) is 78.0 cm³/mol. The van der Waals surface area contributed by atoms with Crippen molar-refractivity contribution in [1.82, 2.24) is 9.88 Å². The first kappa shape index (κ1) is 12.0. The molecule has 4 aliphatic carbocycles. The lowest BCUT2D eigenvalue weighted by atomic mass is 9.52. The minimum atomic E-state index is 0.571. The summed E-state index contributed by atoms with van der Waals surface area (Å²) in [4.78, 5) is 6.06. The second-order valence-corrected chi connectivity index (χ2v) is 7.51. The first-order valence-electron chi connectivity index (χ1n) is 8.07. The Morgan fingerprint density at radius 2 is 1.79 bits per heavy atom. The molecule has 2 nitrogen and oxygen atoms in total. The Morgan fingerprint density at radius 3 is 2.32 bits per heavy atom. The van der Waals surface area contributed by atoms with Gasteiger partial charge in [-0.2, -0.15) is 0 Å². The fraction of sp³-hybridized carbons (Fsp3) is 0.765. The Bertz CT molecular complexity index is 399. The fourth-order valence-corrected chi connectivity index (χ4v) is 5.58. The molecular weight excluding hydrogens is 232 g/mol. The third kappa shape index (κ3) is 2.05. The van der Waals surface area contributed by atoms with Crippen molar-refractivity contribution in [2.45, 2.75) is 50.5 Å². The Balaban J connectivity index is 1.45. The van der Waals surface area contributed by atoms with E-state index >= 15 is 0 Å². The third-order valence-electron chi connectivity index (χ3n) is 6.19. The van der Waals surface area contributed by atoms with Crippen LogP contribution < -0.4 is 0 Å². The van der Waals surface area contributed by atoms with E-state index in [2.05, 4.69) is 29.1 Å². The fourth-order valence-electron chi connectivity index (χ4n) is 5.58. The SMILES string of the molecule is CN(CCc1ccc[nH]1)C12CC3CC(CC(C3)C1)C2. The van der Waals surface area contributed by atoms with Crippen LogP contribution in [0.3, 0.4) is 0 Å². The van der Waals surface area contributed by atoms with E-state index in [9.17, 15) is 0 Å². The first-order chi connectivity index (χ1) is 9.23. The van der Waals surface area contributed by atoms with Gasteiger partial charge in [0, 0.05) is 30.4 Å². The van der Waals surface area contributed by atoms with Gasteiger partial charge < -0.3 is 9.88 Å². The van der Waals surface area contributed by atoms with Crippen molar-refractivity contribution >= 4 is 0 Å². The molecule has 4 bridgehead atoms. The van der Waals surface area contributed by atoms with E-state index in [0.29, 0.717) is 5.54 Å². The second kappa shape index (κ2) is 4.37. The summed E-state index contributed by atoms with van der Waals surface area (Å²) in [5.41, 5.74) is 1.96. The van der Waals surface area contributed by atoms with Crippen LogP contribution in [0.1, 0.15) is 44.2 Å². The quantitative estimate of drug-likeness (QED) is 0.876. The minimum absolute atomic E-state index is 0.571. The summed E-state index contributed by atoms with van der Waals surface area (Å²) >= 11 is 0. The molecular formula is C17H26N2. The zero-order valence-corrected chi connectivity index (χ0v) is 12.1. The highest BCUT2D eigenvalue weighted by Crippen LogP contribution is 2.57. The molecule has 0 aromatic carbocycles. The van der Waals surface area contributed by atoms with Gasteiger partial charge in [0.2, 0.25) is 0 Å². The highest BCUT2D eigenvalue weighted by Gasteiger charge is 2.52. The topological polar surface area (TPSA) is 19.0 Å².